The highest BCUT2D eigenvalue weighted by atomic mass is 35.5. The van der Waals surface area contributed by atoms with Crippen LogP contribution in [-0.4, -0.2) is 12.5 Å². The molecule has 0 aromatic heterocycles. The van der Waals surface area contributed by atoms with Crippen LogP contribution in [0.25, 0.3) is 0 Å². The molecule has 2 aromatic carbocycles. The van der Waals surface area contributed by atoms with Crippen LogP contribution in [0.5, 0.6) is 0 Å². The highest BCUT2D eigenvalue weighted by Crippen LogP contribution is 2.11. The van der Waals surface area contributed by atoms with E-state index >= 15 is 0 Å². The number of carbonyl (C=O) groups is 1. The Balaban J connectivity index is 1.73. The predicted octanol–water partition coefficient (Wildman–Crippen LogP) is 3.31. The molecule has 0 spiro atoms. The SMILES string of the molecule is C[C@H](NCC(=O)NCc1ccc(Cl)cc1)c1ccccc1. The van der Waals surface area contributed by atoms with E-state index in [2.05, 4.69) is 10.6 Å². The number of rotatable bonds is 6. The number of halogens is 1. The third-order valence-corrected chi connectivity index (χ3v) is 3.52. The number of nitrogens with one attached hydrogen (secondary N) is 2. The van der Waals surface area contributed by atoms with E-state index in [1.807, 2.05) is 61.5 Å². The molecule has 4 heteroatoms. The van der Waals surface area contributed by atoms with E-state index in [1.165, 1.54) is 5.56 Å². The molecule has 0 fully saturated rings. The van der Waals surface area contributed by atoms with E-state index in [0.29, 0.717) is 18.1 Å². The molecule has 0 aliphatic rings. The Morgan fingerprint density at radius 1 is 1.10 bits per heavy atom. The van der Waals surface area contributed by atoms with E-state index in [1.54, 1.807) is 0 Å². The Morgan fingerprint density at radius 2 is 1.76 bits per heavy atom. The van der Waals surface area contributed by atoms with Gasteiger partial charge in [0.1, 0.15) is 0 Å². The summed E-state index contributed by atoms with van der Waals surface area (Å²) >= 11 is 5.82. The Hall–Kier alpha value is -1.84. The molecular weight excluding hydrogens is 284 g/mol. The first-order chi connectivity index (χ1) is 10.1. The van der Waals surface area contributed by atoms with Crippen molar-refractivity contribution in [1.82, 2.24) is 10.6 Å². The van der Waals surface area contributed by atoms with Gasteiger partial charge in [-0.3, -0.25) is 4.79 Å². The van der Waals surface area contributed by atoms with E-state index in [9.17, 15) is 4.79 Å². The van der Waals surface area contributed by atoms with Crippen LogP contribution in [0.1, 0.15) is 24.1 Å². The van der Waals surface area contributed by atoms with Crippen LogP contribution in [0.3, 0.4) is 0 Å². The van der Waals surface area contributed by atoms with Crippen molar-refractivity contribution in [1.29, 1.82) is 0 Å². The van der Waals surface area contributed by atoms with Gasteiger partial charge in [-0.15, -0.1) is 0 Å². The average molecular weight is 303 g/mol. The third-order valence-electron chi connectivity index (χ3n) is 3.27. The monoisotopic (exact) mass is 302 g/mol. The maximum atomic E-state index is 11.8. The molecule has 2 N–H and O–H groups in total. The van der Waals surface area contributed by atoms with Crippen molar-refractivity contribution in [2.75, 3.05) is 6.54 Å². The second-order valence-electron chi connectivity index (χ2n) is 4.92. The highest BCUT2D eigenvalue weighted by molar-refractivity contribution is 6.30. The standard InChI is InChI=1S/C17H19ClN2O/c1-13(15-5-3-2-4-6-15)19-12-17(21)20-11-14-7-9-16(18)10-8-14/h2-10,13,19H,11-12H2,1H3,(H,20,21)/t13-/m0/s1. The van der Waals surface area contributed by atoms with Gasteiger partial charge in [0, 0.05) is 17.6 Å². The Labute approximate surface area is 130 Å². The normalized spacial score (nSPS) is 11.9. The van der Waals surface area contributed by atoms with Gasteiger partial charge in [0.25, 0.3) is 0 Å². The average Bonchev–Trinajstić information content (AvgIpc) is 2.53. The second-order valence-corrected chi connectivity index (χ2v) is 5.35. The minimum absolute atomic E-state index is 0.0206. The first-order valence-corrected chi connectivity index (χ1v) is 7.32. The van der Waals surface area contributed by atoms with Gasteiger partial charge in [0.2, 0.25) is 5.91 Å². The lowest BCUT2D eigenvalue weighted by atomic mass is 10.1. The highest BCUT2D eigenvalue weighted by Gasteiger charge is 2.07. The quantitative estimate of drug-likeness (QED) is 0.859. The summed E-state index contributed by atoms with van der Waals surface area (Å²) < 4.78 is 0. The molecule has 2 aromatic rings. The largest absolute Gasteiger partial charge is 0.351 e. The summed E-state index contributed by atoms with van der Waals surface area (Å²) in [5.74, 6) is -0.0206. The first-order valence-electron chi connectivity index (χ1n) is 6.94. The van der Waals surface area contributed by atoms with Gasteiger partial charge < -0.3 is 10.6 Å². The smallest absolute Gasteiger partial charge is 0.234 e. The van der Waals surface area contributed by atoms with Gasteiger partial charge in [-0.1, -0.05) is 54.1 Å². The lowest BCUT2D eigenvalue weighted by Gasteiger charge is -2.14. The molecule has 0 saturated carbocycles. The van der Waals surface area contributed by atoms with Gasteiger partial charge in [-0.2, -0.15) is 0 Å². The van der Waals surface area contributed by atoms with Crippen molar-refractivity contribution in [2.45, 2.75) is 19.5 Å². The zero-order valence-electron chi connectivity index (χ0n) is 12.0. The van der Waals surface area contributed by atoms with Crippen molar-refractivity contribution >= 4 is 17.5 Å². The predicted molar refractivity (Wildman–Crippen MR) is 86.2 cm³/mol. The molecular formula is C17H19ClN2O. The van der Waals surface area contributed by atoms with Gasteiger partial charge in [-0.25, -0.2) is 0 Å². The number of amides is 1. The lowest BCUT2D eigenvalue weighted by Crippen LogP contribution is -2.34. The molecule has 0 aliphatic carbocycles. The molecule has 0 unspecified atom stereocenters. The third kappa shape index (κ3) is 5.21. The van der Waals surface area contributed by atoms with Crippen molar-refractivity contribution < 1.29 is 4.79 Å². The lowest BCUT2D eigenvalue weighted by molar-refractivity contribution is -0.120. The Morgan fingerprint density at radius 3 is 2.43 bits per heavy atom. The summed E-state index contributed by atoms with van der Waals surface area (Å²) in [6, 6.07) is 17.7. The molecule has 0 aliphatic heterocycles. The van der Waals surface area contributed by atoms with Gasteiger partial charge in [0.15, 0.2) is 0 Å². The van der Waals surface area contributed by atoms with Gasteiger partial charge >= 0.3 is 0 Å². The maximum Gasteiger partial charge on any atom is 0.234 e. The summed E-state index contributed by atoms with van der Waals surface area (Å²) in [7, 11) is 0. The molecule has 0 bridgehead atoms. The molecule has 1 amide bonds. The first kappa shape index (κ1) is 15.5. The molecule has 110 valence electrons. The van der Waals surface area contributed by atoms with Crippen LogP contribution in [0, 0.1) is 0 Å². The van der Waals surface area contributed by atoms with Crippen LogP contribution >= 0.6 is 11.6 Å². The molecule has 2 rings (SSSR count). The van der Waals surface area contributed by atoms with Crippen LogP contribution in [-0.2, 0) is 11.3 Å². The number of hydrogen-bond acceptors (Lipinski definition) is 2. The molecule has 0 radical (unpaired) electrons. The fraction of sp³-hybridized carbons (Fsp3) is 0.235. The zero-order valence-corrected chi connectivity index (χ0v) is 12.7. The van der Waals surface area contributed by atoms with Crippen LogP contribution in [0.4, 0.5) is 0 Å². The summed E-state index contributed by atoms with van der Waals surface area (Å²) in [5, 5.41) is 6.79. The molecule has 0 saturated heterocycles. The summed E-state index contributed by atoms with van der Waals surface area (Å²) in [5.41, 5.74) is 2.20. The van der Waals surface area contributed by atoms with E-state index in [-0.39, 0.29) is 11.9 Å². The fourth-order valence-corrected chi connectivity index (χ4v) is 2.10. The van der Waals surface area contributed by atoms with E-state index in [0.717, 1.165) is 5.56 Å². The van der Waals surface area contributed by atoms with E-state index in [4.69, 9.17) is 11.6 Å². The second kappa shape index (κ2) is 7.81. The van der Waals surface area contributed by atoms with Crippen molar-refractivity contribution in [3.05, 3.63) is 70.7 Å². The molecule has 3 nitrogen and oxygen atoms in total. The van der Waals surface area contributed by atoms with E-state index < -0.39 is 0 Å². The fourth-order valence-electron chi connectivity index (χ4n) is 1.97. The molecule has 1 atom stereocenters. The summed E-state index contributed by atoms with van der Waals surface area (Å²) in [6.45, 7) is 2.85. The Bertz CT molecular complexity index is 569. The minimum Gasteiger partial charge on any atom is -0.351 e. The Kier molecular flexibility index (Phi) is 5.78. The zero-order chi connectivity index (χ0) is 15.1. The molecule has 21 heavy (non-hydrogen) atoms. The summed E-state index contributed by atoms with van der Waals surface area (Å²) in [6.07, 6.45) is 0. The number of hydrogen-bond donors (Lipinski definition) is 2. The van der Waals surface area contributed by atoms with Crippen molar-refractivity contribution in [2.24, 2.45) is 0 Å². The van der Waals surface area contributed by atoms with Crippen molar-refractivity contribution in [3.8, 4) is 0 Å². The van der Waals surface area contributed by atoms with Gasteiger partial charge in [0.05, 0.1) is 6.54 Å². The minimum atomic E-state index is -0.0206. The van der Waals surface area contributed by atoms with Crippen LogP contribution in [0.2, 0.25) is 5.02 Å². The van der Waals surface area contributed by atoms with Crippen LogP contribution < -0.4 is 10.6 Å². The number of carbonyl (C=O) groups excluding carboxylic acids is 1. The van der Waals surface area contributed by atoms with Crippen LogP contribution in [0.15, 0.2) is 54.6 Å². The number of benzene rings is 2. The topological polar surface area (TPSA) is 41.1 Å². The summed E-state index contributed by atoms with van der Waals surface area (Å²) in [4.78, 5) is 11.8. The van der Waals surface area contributed by atoms with Crippen molar-refractivity contribution in [3.63, 3.8) is 0 Å². The maximum absolute atomic E-state index is 11.8. The van der Waals surface area contributed by atoms with Gasteiger partial charge in [-0.05, 0) is 30.2 Å². The molecule has 0 heterocycles.